The lowest BCUT2D eigenvalue weighted by molar-refractivity contribution is -0.0939. The predicted octanol–water partition coefficient (Wildman–Crippen LogP) is 5.91. The summed E-state index contributed by atoms with van der Waals surface area (Å²) in [6, 6.07) is 6.71. The van der Waals surface area contributed by atoms with E-state index in [0.717, 1.165) is 37.9 Å². The van der Waals surface area contributed by atoms with Crippen molar-refractivity contribution in [2.75, 3.05) is 7.11 Å². The third-order valence-electron chi connectivity index (χ3n) is 8.86. The molecule has 152 valence electrons. The zero-order valence-electron chi connectivity index (χ0n) is 17.8. The van der Waals surface area contributed by atoms with Gasteiger partial charge in [0.15, 0.2) is 0 Å². The van der Waals surface area contributed by atoms with E-state index in [1.54, 1.807) is 7.11 Å². The summed E-state index contributed by atoms with van der Waals surface area (Å²) in [5.74, 6) is 3.68. The summed E-state index contributed by atoms with van der Waals surface area (Å²) in [5.41, 5.74) is 2.15. The number of benzene rings is 1. The van der Waals surface area contributed by atoms with Crippen molar-refractivity contribution in [3.63, 3.8) is 0 Å². The minimum Gasteiger partial charge on any atom is -0.497 e. The first-order valence-electron chi connectivity index (χ1n) is 11.1. The second kappa shape index (κ2) is 7.06. The maximum Gasteiger partial charge on any atom is 0.119 e. The van der Waals surface area contributed by atoms with Gasteiger partial charge < -0.3 is 9.84 Å². The molecule has 28 heavy (non-hydrogen) atoms. The Morgan fingerprint density at radius 3 is 2.75 bits per heavy atom. The minimum absolute atomic E-state index is 0.0824. The molecule has 0 spiro atoms. The SMILES string of the molecule is C=CC[C@@H]1CC2C3C(CC[C@]2(C)[C@]1(O)C=C)c1ccc(OC)cc1C[C@H]3CC. The molecule has 0 radical (unpaired) electrons. The summed E-state index contributed by atoms with van der Waals surface area (Å²) < 4.78 is 5.50. The first-order chi connectivity index (χ1) is 13.4. The van der Waals surface area contributed by atoms with E-state index < -0.39 is 5.60 Å². The van der Waals surface area contributed by atoms with Crippen LogP contribution in [0.4, 0.5) is 0 Å². The molecular formula is C26H36O2. The van der Waals surface area contributed by atoms with Gasteiger partial charge in [0.1, 0.15) is 5.75 Å². The number of rotatable bonds is 5. The summed E-state index contributed by atoms with van der Waals surface area (Å²) in [5, 5.41) is 11.8. The number of methoxy groups -OCH3 is 1. The topological polar surface area (TPSA) is 29.5 Å². The quantitative estimate of drug-likeness (QED) is 0.644. The average molecular weight is 381 g/mol. The molecule has 4 rings (SSSR count). The highest BCUT2D eigenvalue weighted by atomic mass is 16.5. The molecule has 3 aliphatic rings. The van der Waals surface area contributed by atoms with Crippen LogP contribution in [0.5, 0.6) is 5.75 Å². The Morgan fingerprint density at radius 2 is 2.11 bits per heavy atom. The minimum atomic E-state index is -0.782. The van der Waals surface area contributed by atoms with Gasteiger partial charge in [-0.25, -0.2) is 0 Å². The van der Waals surface area contributed by atoms with E-state index >= 15 is 0 Å². The molecule has 0 heterocycles. The number of fused-ring (bicyclic) bond motifs is 5. The van der Waals surface area contributed by atoms with E-state index in [0.29, 0.717) is 23.7 Å². The van der Waals surface area contributed by atoms with Crippen LogP contribution in [-0.2, 0) is 6.42 Å². The molecule has 2 nitrogen and oxygen atoms in total. The second-order valence-corrected chi connectivity index (χ2v) is 9.67. The fourth-order valence-electron chi connectivity index (χ4n) is 7.38. The summed E-state index contributed by atoms with van der Waals surface area (Å²) in [6.45, 7) is 12.7. The van der Waals surface area contributed by atoms with Gasteiger partial charge in [0.05, 0.1) is 12.7 Å². The van der Waals surface area contributed by atoms with Crippen LogP contribution in [0.3, 0.4) is 0 Å². The molecule has 1 N–H and O–H groups in total. The van der Waals surface area contributed by atoms with Gasteiger partial charge in [0, 0.05) is 5.41 Å². The van der Waals surface area contributed by atoms with Gasteiger partial charge in [-0.1, -0.05) is 38.5 Å². The number of allylic oxidation sites excluding steroid dienone is 1. The van der Waals surface area contributed by atoms with Crippen molar-refractivity contribution < 1.29 is 9.84 Å². The van der Waals surface area contributed by atoms with Crippen LogP contribution in [0.25, 0.3) is 0 Å². The van der Waals surface area contributed by atoms with Gasteiger partial charge in [-0.15, -0.1) is 13.2 Å². The van der Waals surface area contributed by atoms with E-state index in [4.69, 9.17) is 4.74 Å². The lowest BCUT2D eigenvalue weighted by Gasteiger charge is -2.55. The number of aliphatic hydroxyl groups is 1. The van der Waals surface area contributed by atoms with Gasteiger partial charge in [0.2, 0.25) is 0 Å². The lowest BCUT2D eigenvalue weighted by Crippen LogP contribution is -2.53. The first-order valence-corrected chi connectivity index (χ1v) is 11.1. The van der Waals surface area contributed by atoms with E-state index in [1.807, 2.05) is 12.2 Å². The third-order valence-corrected chi connectivity index (χ3v) is 8.86. The zero-order valence-corrected chi connectivity index (χ0v) is 17.8. The van der Waals surface area contributed by atoms with Crippen molar-refractivity contribution in [2.45, 2.75) is 63.9 Å². The highest BCUT2D eigenvalue weighted by Crippen LogP contribution is 2.67. The molecule has 0 saturated heterocycles. The molecule has 2 heteroatoms. The maximum atomic E-state index is 11.8. The number of hydrogen-bond donors (Lipinski definition) is 1. The lowest BCUT2D eigenvalue weighted by atomic mass is 9.50. The second-order valence-electron chi connectivity index (χ2n) is 9.67. The predicted molar refractivity (Wildman–Crippen MR) is 116 cm³/mol. The molecule has 2 saturated carbocycles. The van der Waals surface area contributed by atoms with Crippen molar-refractivity contribution >= 4 is 0 Å². The van der Waals surface area contributed by atoms with Crippen LogP contribution < -0.4 is 4.74 Å². The van der Waals surface area contributed by atoms with E-state index in [1.165, 1.54) is 17.5 Å². The fraction of sp³-hybridized carbons (Fsp3) is 0.615. The van der Waals surface area contributed by atoms with Crippen molar-refractivity contribution in [3.8, 4) is 5.75 Å². The molecule has 2 fully saturated rings. The summed E-state index contributed by atoms with van der Waals surface area (Å²) >= 11 is 0. The molecule has 0 amide bonds. The van der Waals surface area contributed by atoms with Crippen LogP contribution >= 0.6 is 0 Å². The molecule has 1 aromatic carbocycles. The Balaban J connectivity index is 1.77. The van der Waals surface area contributed by atoms with Crippen molar-refractivity contribution in [1.82, 2.24) is 0 Å². The van der Waals surface area contributed by atoms with Gasteiger partial charge in [0.25, 0.3) is 0 Å². The van der Waals surface area contributed by atoms with E-state index in [2.05, 4.69) is 45.2 Å². The zero-order chi connectivity index (χ0) is 20.1. The Bertz CT molecular complexity index is 768. The van der Waals surface area contributed by atoms with Gasteiger partial charge in [-0.3, -0.25) is 0 Å². The summed E-state index contributed by atoms with van der Waals surface area (Å²) in [4.78, 5) is 0. The molecule has 1 aromatic rings. The van der Waals surface area contributed by atoms with Gasteiger partial charge in [-0.05, 0) is 85.0 Å². The van der Waals surface area contributed by atoms with Crippen LogP contribution in [0.2, 0.25) is 0 Å². The van der Waals surface area contributed by atoms with E-state index in [9.17, 15) is 5.11 Å². The standard InChI is InChI=1S/C26H36O2/c1-6-9-19-16-23-24-17(7-2)14-18-15-20(28-5)10-11-21(18)22(24)12-13-25(23,4)26(19,27)8-3/h6,8,10-11,15,17,19,22-24,27H,1,3,7,9,12-14,16H2,2,4-5H3/t17-,19-,22?,23?,24?,25+,26+/m1/s1. The van der Waals surface area contributed by atoms with Crippen molar-refractivity contribution in [2.24, 2.45) is 29.1 Å². The van der Waals surface area contributed by atoms with Crippen LogP contribution in [0.15, 0.2) is 43.5 Å². The van der Waals surface area contributed by atoms with Crippen molar-refractivity contribution in [1.29, 1.82) is 0 Å². The maximum absolute atomic E-state index is 11.8. The Labute approximate surface area is 170 Å². The Kier molecular flexibility index (Phi) is 4.98. The molecule has 3 aliphatic carbocycles. The molecule has 0 aliphatic heterocycles. The normalized spacial score (nSPS) is 41.5. The smallest absolute Gasteiger partial charge is 0.119 e. The average Bonchev–Trinajstić information content (AvgIpc) is 2.94. The van der Waals surface area contributed by atoms with Crippen LogP contribution in [-0.4, -0.2) is 17.8 Å². The third kappa shape index (κ3) is 2.56. The largest absolute Gasteiger partial charge is 0.497 e. The first kappa shape index (κ1) is 19.8. The van der Waals surface area contributed by atoms with Gasteiger partial charge in [-0.2, -0.15) is 0 Å². The summed E-state index contributed by atoms with van der Waals surface area (Å²) in [6.07, 6.45) is 10.4. The van der Waals surface area contributed by atoms with Gasteiger partial charge >= 0.3 is 0 Å². The number of hydrogen-bond acceptors (Lipinski definition) is 2. The monoisotopic (exact) mass is 380 g/mol. The Morgan fingerprint density at radius 1 is 1.32 bits per heavy atom. The number of ether oxygens (including phenoxy) is 1. The molecular weight excluding hydrogens is 344 g/mol. The molecule has 0 bridgehead atoms. The van der Waals surface area contributed by atoms with E-state index in [-0.39, 0.29) is 11.3 Å². The molecule has 7 atom stereocenters. The molecule has 0 aromatic heterocycles. The summed E-state index contributed by atoms with van der Waals surface area (Å²) in [7, 11) is 1.76. The van der Waals surface area contributed by atoms with Crippen LogP contribution in [0, 0.1) is 29.1 Å². The molecule has 3 unspecified atom stereocenters. The van der Waals surface area contributed by atoms with Crippen LogP contribution in [0.1, 0.15) is 63.0 Å². The van der Waals surface area contributed by atoms with Crippen molar-refractivity contribution in [3.05, 3.63) is 54.6 Å². The fourth-order valence-corrected chi connectivity index (χ4v) is 7.38. The highest BCUT2D eigenvalue weighted by Gasteiger charge is 2.65. The Hall–Kier alpha value is -1.54. The highest BCUT2D eigenvalue weighted by molar-refractivity contribution is 5.41.